The summed E-state index contributed by atoms with van der Waals surface area (Å²) in [5.74, 6) is -0.249. The molecule has 11 nitrogen and oxygen atoms in total. The molecule has 0 amide bonds. The van der Waals surface area contributed by atoms with Gasteiger partial charge in [0.15, 0.2) is 5.82 Å². The van der Waals surface area contributed by atoms with Gasteiger partial charge in [-0.15, -0.1) is 0 Å². The molecule has 4 heterocycles. The molecule has 2 N–H and O–H groups in total. The molecule has 1 saturated heterocycles. The molecule has 182 valence electrons. The summed E-state index contributed by atoms with van der Waals surface area (Å²) in [5, 5.41) is 17.0. The van der Waals surface area contributed by atoms with Crippen molar-refractivity contribution >= 4 is 34.6 Å². The zero-order valence-corrected chi connectivity index (χ0v) is 18.3. The Balaban J connectivity index is 1.71. The number of aromatic nitrogens is 6. The molecule has 1 aliphatic rings. The van der Waals surface area contributed by atoms with Gasteiger partial charge in [-0.1, -0.05) is 6.92 Å². The van der Waals surface area contributed by atoms with E-state index in [1.165, 1.54) is 11.0 Å². The lowest BCUT2D eigenvalue weighted by Gasteiger charge is -2.18. The van der Waals surface area contributed by atoms with Gasteiger partial charge in [-0.25, -0.2) is 15.0 Å². The van der Waals surface area contributed by atoms with Crippen molar-refractivity contribution < 1.29 is 27.8 Å². The van der Waals surface area contributed by atoms with Gasteiger partial charge in [0.2, 0.25) is 5.95 Å². The van der Waals surface area contributed by atoms with E-state index in [1.807, 2.05) is 6.92 Å². The highest BCUT2D eigenvalue weighted by Gasteiger charge is 2.31. The van der Waals surface area contributed by atoms with Gasteiger partial charge in [-0.3, -0.25) is 9.48 Å². The molecule has 0 spiro atoms. The molecule has 1 fully saturated rings. The van der Waals surface area contributed by atoms with Crippen LogP contribution in [0.1, 0.15) is 19.0 Å². The monoisotopic (exact) mass is 480 g/mol. The lowest BCUT2D eigenvalue weighted by Crippen LogP contribution is -2.25. The van der Waals surface area contributed by atoms with E-state index in [1.54, 1.807) is 17.2 Å². The van der Waals surface area contributed by atoms with Crippen LogP contribution in [-0.2, 0) is 22.5 Å². The number of halogens is 3. The molecule has 0 bridgehead atoms. The Kier molecular flexibility index (Phi) is 6.77. The molecule has 0 saturated carbocycles. The van der Waals surface area contributed by atoms with Crippen molar-refractivity contribution in [3.05, 3.63) is 24.3 Å². The first-order valence-electron chi connectivity index (χ1n) is 10.7. The van der Waals surface area contributed by atoms with Crippen LogP contribution in [0.5, 0.6) is 0 Å². The number of anilines is 3. The largest absolute Gasteiger partial charge is 0.481 e. The van der Waals surface area contributed by atoms with E-state index >= 15 is 0 Å². The van der Waals surface area contributed by atoms with Crippen molar-refractivity contribution in [3.63, 3.8) is 0 Å². The second-order valence-corrected chi connectivity index (χ2v) is 7.75. The van der Waals surface area contributed by atoms with Crippen molar-refractivity contribution in [2.45, 2.75) is 32.5 Å². The van der Waals surface area contributed by atoms with Gasteiger partial charge in [0.05, 0.1) is 24.8 Å². The van der Waals surface area contributed by atoms with E-state index in [0.29, 0.717) is 53.7 Å². The summed E-state index contributed by atoms with van der Waals surface area (Å²) in [5.41, 5.74) is 1.65. The fourth-order valence-corrected chi connectivity index (χ4v) is 3.73. The molecule has 0 aromatic carbocycles. The maximum Gasteiger partial charge on any atom is 0.411 e. The van der Waals surface area contributed by atoms with Gasteiger partial charge in [-0.05, 0) is 18.9 Å². The number of nitrogens with zero attached hydrogens (tertiary/aromatic N) is 7. The molecule has 14 heteroatoms. The van der Waals surface area contributed by atoms with Crippen molar-refractivity contribution in [2.75, 3.05) is 36.5 Å². The lowest BCUT2D eigenvalue weighted by atomic mass is 10.1. The van der Waals surface area contributed by atoms with Crippen molar-refractivity contribution in [1.82, 2.24) is 29.7 Å². The van der Waals surface area contributed by atoms with Crippen LogP contribution in [0.15, 0.2) is 18.6 Å². The summed E-state index contributed by atoms with van der Waals surface area (Å²) in [6.07, 6.45) is -0.510. The number of ether oxygens (including phenoxy) is 1. The number of carboxylic acid groups (broad SMARTS) is 1. The zero-order chi connectivity index (χ0) is 24.3. The van der Waals surface area contributed by atoms with E-state index < -0.39 is 24.7 Å². The summed E-state index contributed by atoms with van der Waals surface area (Å²) >= 11 is 0. The van der Waals surface area contributed by atoms with Crippen LogP contribution in [-0.4, -0.2) is 73.3 Å². The molecule has 0 radical (unpaired) electrons. The molecular weight excluding hydrogens is 457 g/mol. The molecule has 1 aliphatic heterocycles. The highest BCUT2D eigenvalue weighted by atomic mass is 19.4. The molecule has 34 heavy (non-hydrogen) atoms. The molecule has 1 atom stereocenters. The van der Waals surface area contributed by atoms with Gasteiger partial charge in [0.25, 0.3) is 0 Å². The zero-order valence-electron chi connectivity index (χ0n) is 18.3. The molecule has 0 aliphatic carbocycles. The number of carbonyl (C=O) groups is 1. The summed E-state index contributed by atoms with van der Waals surface area (Å²) < 4.78 is 43.6. The number of alkyl halides is 3. The Hall–Kier alpha value is -3.55. The highest BCUT2D eigenvalue weighted by Crippen LogP contribution is 2.30. The highest BCUT2D eigenvalue weighted by molar-refractivity contribution is 5.90. The molecule has 0 unspecified atom stereocenters. The molecule has 3 aromatic rings. The Morgan fingerprint density at radius 3 is 2.82 bits per heavy atom. The first kappa shape index (κ1) is 23.6. The first-order valence-corrected chi connectivity index (χ1v) is 10.7. The number of nitrogens with one attached hydrogen (secondary N) is 1. The molecule has 3 aromatic heterocycles. The van der Waals surface area contributed by atoms with Crippen LogP contribution in [0.3, 0.4) is 0 Å². The third-order valence-corrected chi connectivity index (χ3v) is 5.34. The minimum absolute atomic E-state index is 0.0541. The standard InChI is InChI=1S/C20H23F3N8O3/c1-2-13-15-16(31(29-13)7-8-34-10-20(21,22)23)17(26-14-3-5-24-11-25-14)28-19(27-15)30-6-4-12(9-30)18(32)33/h3,5,11-12H,2,4,6-10H2,1H3,(H,32,33)(H,24,25,26,27,28)/t12-/m0/s1. The second-order valence-electron chi connectivity index (χ2n) is 7.75. The molecule has 4 rings (SSSR count). The number of hydrogen-bond acceptors (Lipinski definition) is 9. The van der Waals surface area contributed by atoms with Gasteiger partial charge >= 0.3 is 12.1 Å². The van der Waals surface area contributed by atoms with Crippen LogP contribution in [0.4, 0.5) is 30.8 Å². The number of rotatable bonds is 9. The van der Waals surface area contributed by atoms with Gasteiger partial charge in [0.1, 0.15) is 29.8 Å². The third-order valence-electron chi connectivity index (χ3n) is 5.34. The van der Waals surface area contributed by atoms with E-state index in [2.05, 4.69) is 30.4 Å². The summed E-state index contributed by atoms with van der Waals surface area (Å²) in [7, 11) is 0. The van der Waals surface area contributed by atoms with Gasteiger partial charge in [-0.2, -0.15) is 23.3 Å². The van der Waals surface area contributed by atoms with Crippen LogP contribution < -0.4 is 10.2 Å². The number of carboxylic acids is 1. The Morgan fingerprint density at radius 1 is 1.35 bits per heavy atom. The molecular formula is C20H23F3N8O3. The summed E-state index contributed by atoms with van der Waals surface area (Å²) in [4.78, 5) is 30.5. The van der Waals surface area contributed by atoms with Gasteiger partial charge in [0, 0.05) is 19.3 Å². The van der Waals surface area contributed by atoms with E-state index in [4.69, 9.17) is 4.74 Å². The quantitative estimate of drug-likeness (QED) is 0.440. The lowest BCUT2D eigenvalue weighted by molar-refractivity contribution is -0.174. The average molecular weight is 480 g/mol. The third kappa shape index (κ3) is 5.32. The number of fused-ring (bicyclic) bond motifs is 1. The smallest absolute Gasteiger partial charge is 0.411 e. The number of aryl methyl sites for hydroxylation is 1. The predicted molar refractivity (Wildman–Crippen MR) is 115 cm³/mol. The van der Waals surface area contributed by atoms with E-state index in [-0.39, 0.29) is 19.7 Å². The predicted octanol–water partition coefficient (Wildman–Crippen LogP) is 2.41. The minimum atomic E-state index is -4.41. The fraction of sp³-hybridized carbons (Fsp3) is 0.500. The average Bonchev–Trinajstić information content (AvgIpc) is 3.42. The number of hydrogen-bond donors (Lipinski definition) is 2. The van der Waals surface area contributed by atoms with Crippen molar-refractivity contribution in [2.24, 2.45) is 5.92 Å². The maximum atomic E-state index is 12.4. The second kappa shape index (κ2) is 9.75. The first-order chi connectivity index (χ1) is 16.2. The van der Waals surface area contributed by atoms with Gasteiger partial charge < -0.3 is 20.1 Å². The number of aliphatic carboxylic acids is 1. The van der Waals surface area contributed by atoms with Crippen LogP contribution >= 0.6 is 0 Å². The Labute approximate surface area is 192 Å². The van der Waals surface area contributed by atoms with Crippen LogP contribution in [0.25, 0.3) is 11.0 Å². The Bertz CT molecular complexity index is 1160. The van der Waals surface area contributed by atoms with Crippen LogP contribution in [0.2, 0.25) is 0 Å². The van der Waals surface area contributed by atoms with E-state index in [9.17, 15) is 23.1 Å². The SMILES string of the molecule is CCc1nn(CCOCC(F)(F)F)c2c(Nc3ccncn3)nc(N3CC[C@H](C(=O)O)C3)nc12. The minimum Gasteiger partial charge on any atom is -0.481 e. The Morgan fingerprint density at radius 2 is 2.18 bits per heavy atom. The van der Waals surface area contributed by atoms with Crippen LogP contribution in [0, 0.1) is 5.92 Å². The fourth-order valence-electron chi connectivity index (χ4n) is 3.73. The van der Waals surface area contributed by atoms with E-state index in [0.717, 1.165) is 0 Å². The summed E-state index contributed by atoms with van der Waals surface area (Å²) in [6, 6.07) is 1.64. The van der Waals surface area contributed by atoms with Crippen molar-refractivity contribution in [3.8, 4) is 0 Å². The normalized spacial score (nSPS) is 16.4. The maximum absolute atomic E-state index is 12.4. The topological polar surface area (TPSA) is 131 Å². The van der Waals surface area contributed by atoms with Crippen molar-refractivity contribution in [1.29, 1.82) is 0 Å². The summed E-state index contributed by atoms with van der Waals surface area (Å²) in [6.45, 7) is 1.14.